The lowest BCUT2D eigenvalue weighted by molar-refractivity contribution is 0.0690. The number of benzene rings is 1. The second kappa shape index (κ2) is 3.94. The van der Waals surface area contributed by atoms with Crippen molar-refractivity contribution in [3.63, 3.8) is 0 Å². The van der Waals surface area contributed by atoms with E-state index in [0.29, 0.717) is 0 Å². The van der Waals surface area contributed by atoms with Gasteiger partial charge in [0.05, 0.1) is 0 Å². The molecule has 1 N–H and O–H groups in total. The van der Waals surface area contributed by atoms with Gasteiger partial charge in [0, 0.05) is 6.07 Å². The van der Waals surface area contributed by atoms with Crippen LogP contribution in [0.5, 0.6) is 0 Å². The maximum atomic E-state index is 13.4. The molecule has 0 spiro atoms. The van der Waals surface area contributed by atoms with Gasteiger partial charge in [0.15, 0.2) is 5.69 Å². The lowest BCUT2D eigenvalue weighted by Gasteiger charge is -2.03. The summed E-state index contributed by atoms with van der Waals surface area (Å²) in [5.41, 5.74) is -0.117. The summed E-state index contributed by atoms with van der Waals surface area (Å²) in [6, 6.07) is 7.00. The van der Waals surface area contributed by atoms with Crippen LogP contribution in [0.4, 0.5) is 4.39 Å². The first-order chi connectivity index (χ1) is 7.59. The van der Waals surface area contributed by atoms with E-state index in [1.165, 1.54) is 18.2 Å². The molecule has 0 saturated carbocycles. The molecule has 0 aliphatic carbocycles. The average Bonchev–Trinajstić information content (AvgIpc) is 2.61. The monoisotopic (exact) mass is 240 g/mol. The van der Waals surface area contributed by atoms with E-state index in [4.69, 9.17) is 16.7 Å². The van der Waals surface area contributed by atoms with Crippen molar-refractivity contribution in [3.8, 4) is 5.69 Å². The lowest BCUT2D eigenvalue weighted by Crippen LogP contribution is -2.03. The molecule has 0 aliphatic rings. The largest absolute Gasteiger partial charge is 0.476 e. The number of hydrogen-bond donors (Lipinski definition) is 1. The summed E-state index contributed by atoms with van der Waals surface area (Å²) in [4.78, 5) is 10.7. The highest BCUT2D eigenvalue weighted by Gasteiger charge is 2.14. The highest BCUT2D eigenvalue weighted by molar-refractivity contribution is 6.30. The predicted molar refractivity (Wildman–Crippen MR) is 55.5 cm³/mol. The van der Waals surface area contributed by atoms with Crippen molar-refractivity contribution in [2.75, 3.05) is 0 Å². The van der Waals surface area contributed by atoms with Crippen LogP contribution in [0.1, 0.15) is 10.5 Å². The maximum Gasteiger partial charge on any atom is 0.356 e. The van der Waals surface area contributed by atoms with Crippen LogP contribution in [0.3, 0.4) is 0 Å². The molecular formula is C10H6ClFN2O2. The minimum absolute atomic E-state index is 0.0440. The number of aromatic carboxylic acids is 1. The molecule has 0 saturated heterocycles. The summed E-state index contributed by atoms with van der Waals surface area (Å²) >= 11 is 5.77. The fourth-order valence-corrected chi connectivity index (χ4v) is 1.49. The number of hydrogen-bond acceptors (Lipinski definition) is 2. The Kier molecular flexibility index (Phi) is 2.62. The predicted octanol–water partition coefficient (Wildman–Crippen LogP) is 2.36. The standard InChI is InChI=1S/C10H6ClFN2O2/c11-9-5-7(10(15)16)13-14(9)8-4-2-1-3-6(8)12/h1-5H,(H,15,16). The van der Waals surface area contributed by atoms with Gasteiger partial charge >= 0.3 is 5.97 Å². The van der Waals surface area contributed by atoms with Crippen LogP contribution in [0.2, 0.25) is 5.15 Å². The summed E-state index contributed by atoms with van der Waals surface area (Å²) in [7, 11) is 0. The van der Waals surface area contributed by atoms with Crippen LogP contribution in [0.25, 0.3) is 5.69 Å². The summed E-state index contributed by atoms with van der Waals surface area (Å²) in [5, 5.41) is 12.4. The van der Waals surface area contributed by atoms with Crippen LogP contribution >= 0.6 is 11.6 Å². The number of rotatable bonds is 2. The van der Waals surface area contributed by atoms with Crippen molar-refractivity contribution in [1.29, 1.82) is 0 Å². The molecule has 1 heterocycles. The number of nitrogens with zero attached hydrogens (tertiary/aromatic N) is 2. The quantitative estimate of drug-likeness (QED) is 0.877. The van der Waals surface area contributed by atoms with Crippen molar-refractivity contribution in [1.82, 2.24) is 9.78 Å². The van der Waals surface area contributed by atoms with E-state index in [-0.39, 0.29) is 16.5 Å². The molecule has 0 bridgehead atoms. The van der Waals surface area contributed by atoms with E-state index in [1.54, 1.807) is 6.07 Å². The van der Waals surface area contributed by atoms with Crippen molar-refractivity contribution in [2.24, 2.45) is 0 Å². The number of para-hydroxylation sites is 1. The summed E-state index contributed by atoms with van der Waals surface area (Å²) in [5.74, 6) is -1.73. The third-order valence-electron chi connectivity index (χ3n) is 1.97. The van der Waals surface area contributed by atoms with Crippen molar-refractivity contribution in [2.45, 2.75) is 0 Å². The zero-order valence-electron chi connectivity index (χ0n) is 7.89. The third-order valence-corrected chi connectivity index (χ3v) is 2.23. The fourth-order valence-electron chi connectivity index (χ4n) is 1.26. The second-order valence-corrected chi connectivity index (χ2v) is 3.41. The molecule has 1 aromatic heterocycles. The highest BCUT2D eigenvalue weighted by atomic mass is 35.5. The van der Waals surface area contributed by atoms with Gasteiger partial charge in [0.1, 0.15) is 16.7 Å². The zero-order chi connectivity index (χ0) is 11.7. The molecule has 4 nitrogen and oxygen atoms in total. The molecule has 16 heavy (non-hydrogen) atoms. The zero-order valence-corrected chi connectivity index (χ0v) is 8.65. The van der Waals surface area contributed by atoms with Gasteiger partial charge in [0.2, 0.25) is 0 Å². The summed E-state index contributed by atoms with van der Waals surface area (Å²) in [6.45, 7) is 0. The molecule has 0 atom stereocenters. The lowest BCUT2D eigenvalue weighted by atomic mass is 10.3. The fraction of sp³-hybridized carbons (Fsp3) is 0. The molecular weight excluding hydrogens is 235 g/mol. The van der Waals surface area contributed by atoms with E-state index < -0.39 is 11.8 Å². The van der Waals surface area contributed by atoms with Crippen LogP contribution in [-0.2, 0) is 0 Å². The molecule has 1 aromatic carbocycles. The Balaban J connectivity index is 2.57. The van der Waals surface area contributed by atoms with Crippen molar-refractivity contribution < 1.29 is 14.3 Å². The van der Waals surface area contributed by atoms with Gasteiger partial charge in [-0.3, -0.25) is 0 Å². The van der Waals surface area contributed by atoms with Crippen molar-refractivity contribution >= 4 is 17.6 Å². The molecule has 2 rings (SSSR count). The Bertz CT molecular complexity index is 554. The molecule has 0 unspecified atom stereocenters. The highest BCUT2D eigenvalue weighted by Crippen LogP contribution is 2.19. The Labute approximate surface area is 94.9 Å². The maximum absolute atomic E-state index is 13.4. The van der Waals surface area contributed by atoms with Gasteiger partial charge in [-0.05, 0) is 12.1 Å². The number of aromatic nitrogens is 2. The van der Waals surface area contributed by atoms with Crippen LogP contribution in [0, 0.1) is 5.82 Å². The Hall–Kier alpha value is -1.88. The smallest absolute Gasteiger partial charge is 0.356 e. The van der Waals surface area contributed by atoms with Gasteiger partial charge in [0.25, 0.3) is 0 Å². The number of carbonyl (C=O) groups is 1. The normalized spacial score (nSPS) is 10.4. The number of carboxylic acids is 1. The molecule has 0 fully saturated rings. The van der Waals surface area contributed by atoms with Crippen molar-refractivity contribution in [3.05, 3.63) is 47.0 Å². The first-order valence-electron chi connectivity index (χ1n) is 4.33. The minimum atomic E-state index is -1.21. The van der Waals surface area contributed by atoms with E-state index in [0.717, 1.165) is 10.7 Å². The first kappa shape index (κ1) is 10.6. The molecule has 0 amide bonds. The molecule has 0 radical (unpaired) electrons. The van der Waals surface area contributed by atoms with Crippen LogP contribution in [0.15, 0.2) is 30.3 Å². The van der Waals surface area contributed by atoms with Crippen LogP contribution in [-0.4, -0.2) is 20.9 Å². The topological polar surface area (TPSA) is 55.1 Å². The SMILES string of the molecule is O=C(O)c1cc(Cl)n(-c2ccccc2F)n1. The van der Waals surface area contributed by atoms with E-state index in [9.17, 15) is 9.18 Å². The number of carboxylic acid groups (broad SMARTS) is 1. The van der Waals surface area contributed by atoms with Gasteiger partial charge < -0.3 is 5.11 Å². The average molecular weight is 241 g/mol. The summed E-state index contributed by atoms with van der Waals surface area (Å²) in [6.07, 6.45) is 0. The molecule has 82 valence electrons. The van der Waals surface area contributed by atoms with E-state index >= 15 is 0 Å². The first-order valence-corrected chi connectivity index (χ1v) is 4.71. The van der Waals surface area contributed by atoms with E-state index in [2.05, 4.69) is 5.10 Å². The van der Waals surface area contributed by atoms with Gasteiger partial charge in [-0.2, -0.15) is 5.10 Å². The molecule has 6 heteroatoms. The van der Waals surface area contributed by atoms with E-state index in [1.807, 2.05) is 0 Å². The second-order valence-electron chi connectivity index (χ2n) is 3.02. The Morgan fingerprint density at radius 2 is 2.12 bits per heavy atom. The minimum Gasteiger partial charge on any atom is -0.476 e. The van der Waals surface area contributed by atoms with Gasteiger partial charge in [-0.25, -0.2) is 13.9 Å². The Morgan fingerprint density at radius 1 is 1.44 bits per heavy atom. The molecule has 0 aliphatic heterocycles. The van der Waals surface area contributed by atoms with Gasteiger partial charge in [-0.1, -0.05) is 23.7 Å². The molecule has 2 aromatic rings. The summed E-state index contributed by atoms with van der Waals surface area (Å²) < 4.78 is 14.4. The Morgan fingerprint density at radius 3 is 2.69 bits per heavy atom. The third kappa shape index (κ3) is 1.77. The number of halogens is 2. The van der Waals surface area contributed by atoms with Crippen LogP contribution < -0.4 is 0 Å². The van der Waals surface area contributed by atoms with Gasteiger partial charge in [-0.15, -0.1) is 0 Å².